The van der Waals surface area contributed by atoms with Gasteiger partial charge in [-0.15, -0.1) is 0 Å². The summed E-state index contributed by atoms with van der Waals surface area (Å²) in [4.78, 5) is 17.2. The van der Waals surface area contributed by atoms with Gasteiger partial charge in [0.25, 0.3) is 15.9 Å². The van der Waals surface area contributed by atoms with Crippen molar-refractivity contribution in [1.29, 1.82) is 0 Å². The van der Waals surface area contributed by atoms with E-state index in [1.807, 2.05) is 0 Å². The summed E-state index contributed by atoms with van der Waals surface area (Å²) >= 11 is 0.958. The average molecular weight is 534 g/mol. The minimum absolute atomic E-state index is 0.0171. The maximum atomic E-state index is 14.5. The summed E-state index contributed by atoms with van der Waals surface area (Å²) in [5.74, 6) is -1.69. The number of anilines is 1. The molecule has 0 radical (unpaired) electrons. The Kier molecular flexibility index (Phi) is 7.48. The molecule has 12 heteroatoms. The predicted molar refractivity (Wildman–Crippen MR) is 132 cm³/mol. The van der Waals surface area contributed by atoms with E-state index in [9.17, 15) is 22.0 Å². The highest BCUT2D eigenvalue weighted by Crippen LogP contribution is 2.23. The van der Waals surface area contributed by atoms with Gasteiger partial charge in [0.05, 0.1) is 28.8 Å². The number of sulfonamides is 1. The zero-order valence-corrected chi connectivity index (χ0v) is 20.8. The monoisotopic (exact) mass is 533 g/mol. The van der Waals surface area contributed by atoms with Crippen LogP contribution in [-0.4, -0.2) is 39.7 Å². The van der Waals surface area contributed by atoms with E-state index in [1.165, 1.54) is 73.4 Å². The maximum absolute atomic E-state index is 14.5. The third-order valence-electron chi connectivity index (χ3n) is 5.14. The van der Waals surface area contributed by atoms with E-state index in [1.54, 1.807) is 0 Å². The summed E-state index contributed by atoms with van der Waals surface area (Å²) in [6.45, 7) is 0.402. The number of ether oxygens (including phenoxy) is 2. The predicted octanol–water partition coefficient (Wildman–Crippen LogP) is 4.18. The van der Waals surface area contributed by atoms with E-state index in [-0.39, 0.29) is 44.3 Å². The molecule has 0 atom stereocenters. The molecule has 188 valence electrons. The minimum Gasteiger partial charge on any atom is -0.497 e. The van der Waals surface area contributed by atoms with Crippen LogP contribution in [0.1, 0.15) is 10.4 Å². The number of hydrogen-bond donors (Lipinski definition) is 1. The van der Waals surface area contributed by atoms with Crippen LogP contribution in [0.2, 0.25) is 0 Å². The van der Waals surface area contributed by atoms with Gasteiger partial charge in [0, 0.05) is 31.0 Å². The molecule has 4 rings (SSSR count). The van der Waals surface area contributed by atoms with Gasteiger partial charge in [-0.25, -0.2) is 17.2 Å². The SMILES string of the molecule is COCCn1c(=NC(=O)c2cccc(NS(=O)(=O)c3ccc(OC)cc3)c2)sc2cc(F)cc(F)c21. The fourth-order valence-corrected chi connectivity index (χ4v) is 5.58. The number of halogens is 2. The molecular weight excluding hydrogens is 512 g/mol. The van der Waals surface area contributed by atoms with Crippen LogP contribution in [0.15, 0.2) is 70.6 Å². The molecule has 1 aromatic heterocycles. The Morgan fingerprint density at radius 1 is 1.08 bits per heavy atom. The number of amides is 1. The van der Waals surface area contributed by atoms with Crippen molar-refractivity contribution in [1.82, 2.24) is 4.57 Å². The van der Waals surface area contributed by atoms with E-state index in [4.69, 9.17) is 9.47 Å². The quantitative estimate of drug-likeness (QED) is 0.367. The average Bonchev–Trinajstić information content (AvgIpc) is 3.19. The lowest BCUT2D eigenvalue weighted by Gasteiger charge is -2.09. The van der Waals surface area contributed by atoms with Crippen LogP contribution in [0.4, 0.5) is 14.5 Å². The highest BCUT2D eigenvalue weighted by Gasteiger charge is 2.17. The molecule has 36 heavy (non-hydrogen) atoms. The number of benzene rings is 3. The Bertz CT molecular complexity index is 1600. The van der Waals surface area contributed by atoms with Crippen LogP contribution in [-0.2, 0) is 21.3 Å². The highest BCUT2D eigenvalue weighted by molar-refractivity contribution is 7.92. The number of aromatic nitrogens is 1. The molecule has 0 aliphatic heterocycles. The summed E-state index contributed by atoms with van der Waals surface area (Å²) in [7, 11) is -0.971. The smallest absolute Gasteiger partial charge is 0.279 e. The number of thiazole rings is 1. The fourth-order valence-electron chi connectivity index (χ4n) is 3.44. The van der Waals surface area contributed by atoms with Crippen molar-refractivity contribution < 1.29 is 31.5 Å². The first kappa shape index (κ1) is 25.5. The molecule has 0 fully saturated rings. The standard InChI is InChI=1S/C24H21F2N3O5S2/c1-33-11-10-29-22-20(26)13-16(25)14-21(22)35-24(29)27-23(30)15-4-3-5-17(12-15)28-36(31,32)19-8-6-18(34-2)7-9-19/h3-9,12-14,28H,10-11H2,1-2H3. The van der Waals surface area contributed by atoms with Crippen LogP contribution in [0.25, 0.3) is 10.2 Å². The van der Waals surface area contributed by atoms with Gasteiger partial charge in [0.1, 0.15) is 11.6 Å². The van der Waals surface area contributed by atoms with Crippen molar-refractivity contribution in [2.75, 3.05) is 25.5 Å². The van der Waals surface area contributed by atoms with Crippen molar-refractivity contribution in [3.8, 4) is 5.75 Å². The summed E-state index contributed by atoms with van der Waals surface area (Å²) in [6.07, 6.45) is 0. The Balaban J connectivity index is 1.67. The molecule has 8 nitrogen and oxygen atoms in total. The zero-order chi connectivity index (χ0) is 25.9. The van der Waals surface area contributed by atoms with Gasteiger partial charge in [-0.3, -0.25) is 9.52 Å². The number of hydrogen-bond acceptors (Lipinski definition) is 6. The lowest BCUT2D eigenvalue weighted by Crippen LogP contribution is -2.20. The zero-order valence-electron chi connectivity index (χ0n) is 19.2. The molecule has 0 aliphatic carbocycles. The van der Waals surface area contributed by atoms with Gasteiger partial charge < -0.3 is 14.0 Å². The van der Waals surface area contributed by atoms with Crippen molar-refractivity contribution >= 4 is 43.2 Å². The first-order valence-corrected chi connectivity index (χ1v) is 12.8. The lowest BCUT2D eigenvalue weighted by molar-refractivity contribution is 0.0997. The molecule has 3 aromatic carbocycles. The van der Waals surface area contributed by atoms with Gasteiger partial charge in [0.2, 0.25) is 0 Å². The Morgan fingerprint density at radius 2 is 1.83 bits per heavy atom. The molecule has 0 bridgehead atoms. The fraction of sp³-hybridized carbons (Fsp3) is 0.167. The summed E-state index contributed by atoms with van der Waals surface area (Å²) < 4.78 is 68.0. The number of carbonyl (C=O) groups excluding carboxylic acids is 1. The maximum Gasteiger partial charge on any atom is 0.279 e. The Labute approximate surface area is 209 Å². The van der Waals surface area contributed by atoms with E-state index in [2.05, 4.69) is 9.71 Å². The van der Waals surface area contributed by atoms with Gasteiger partial charge in [-0.05, 0) is 48.5 Å². The van der Waals surface area contributed by atoms with Gasteiger partial charge in [-0.1, -0.05) is 17.4 Å². The Morgan fingerprint density at radius 3 is 2.53 bits per heavy atom. The van der Waals surface area contributed by atoms with Crippen LogP contribution in [0, 0.1) is 11.6 Å². The summed E-state index contributed by atoms with van der Waals surface area (Å²) in [6, 6.07) is 13.6. The topological polar surface area (TPSA) is 99.0 Å². The number of methoxy groups -OCH3 is 2. The van der Waals surface area contributed by atoms with E-state index in [0.717, 1.165) is 17.4 Å². The largest absolute Gasteiger partial charge is 0.497 e. The third kappa shape index (κ3) is 5.45. The minimum atomic E-state index is -3.92. The van der Waals surface area contributed by atoms with Crippen molar-refractivity contribution in [3.05, 3.63) is 82.7 Å². The number of rotatable bonds is 8. The first-order chi connectivity index (χ1) is 17.2. The van der Waals surface area contributed by atoms with E-state index >= 15 is 0 Å². The second-order valence-corrected chi connectivity index (χ2v) is 10.2. The molecule has 1 N–H and O–H groups in total. The van der Waals surface area contributed by atoms with Crippen LogP contribution >= 0.6 is 11.3 Å². The normalized spacial score (nSPS) is 12.2. The highest BCUT2D eigenvalue weighted by atomic mass is 32.2. The van der Waals surface area contributed by atoms with Crippen LogP contribution < -0.4 is 14.3 Å². The summed E-state index contributed by atoms with van der Waals surface area (Å²) in [5.41, 5.74) is 0.377. The molecule has 0 aliphatic rings. The van der Waals surface area contributed by atoms with Crippen LogP contribution in [0.3, 0.4) is 0 Å². The van der Waals surface area contributed by atoms with Crippen molar-refractivity contribution in [2.24, 2.45) is 4.99 Å². The second-order valence-electron chi connectivity index (χ2n) is 7.54. The van der Waals surface area contributed by atoms with Crippen molar-refractivity contribution in [3.63, 3.8) is 0 Å². The van der Waals surface area contributed by atoms with Gasteiger partial charge in [-0.2, -0.15) is 4.99 Å². The lowest BCUT2D eigenvalue weighted by atomic mass is 10.2. The number of carbonyl (C=O) groups is 1. The molecule has 1 heterocycles. The Hall–Kier alpha value is -3.61. The molecule has 4 aromatic rings. The first-order valence-electron chi connectivity index (χ1n) is 10.5. The van der Waals surface area contributed by atoms with E-state index < -0.39 is 27.6 Å². The molecule has 0 saturated heterocycles. The molecular formula is C24H21F2N3O5S2. The molecule has 0 saturated carbocycles. The molecule has 0 spiro atoms. The molecule has 1 amide bonds. The van der Waals surface area contributed by atoms with Gasteiger partial charge in [0.15, 0.2) is 10.6 Å². The third-order valence-corrected chi connectivity index (χ3v) is 7.57. The number of nitrogens with one attached hydrogen (secondary N) is 1. The van der Waals surface area contributed by atoms with Gasteiger partial charge >= 0.3 is 0 Å². The summed E-state index contributed by atoms with van der Waals surface area (Å²) in [5, 5.41) is 0. The molecule has 0 unspecified atom stereocenters. The van der Waals surface area contributed by atoms with Crippen molar-refractivity contribution in [2.45, 2.75) is 11.4 Å². The van der Waals surface area contributed by atoms with E-state index in [0.29, 0.717) is 5.75 Å². The van der Waals surface area contributed by atoms with Crippen LogP contribution in [0.5, 0.6) is 5.75 Å². The number of nitrogens with zero attached hydrogens (tertiary/aromatic N) is 2. The second kappa shape index (κ2) is 10.6. The number of fused-ring (bicyclic) bond motifs is 1.